The van der Waals surface area contributed by atoms with Gasteiger partial charge in [0.15, 0.2) is 0 Å². The van der Waals surface area contributed by atoms with E-state index in [1.165, 1.54) is 19.3 Å². The van der Waals surface area contributed by atoms with E-state index in [-0.39, 0.29) is 17.9 Å². The van der Waals surface area contributed by atoms with Crippen molar-refractivity contribution in [3.05, 3.63) is 0 Å². The predicted octanol–water partition coefficient (Wildman–Crippen LogP) is 3.35. The van der Waals surface area contributed by atoms with Crippen molar-refractivity contribution in [3.8, 4) is 0 Å². The second-order valence-corrected chi connectivity index (χ2v) is 6.09. The molecule has 0 bridgehead atoms. The van der Waals surface area contributed by atoms with Crippen LogP contribution >= 0.6 is 0 Å². The van der Waals surface area contributed by atoms with Gasteiger partial charge in [-0.25, -0.2) is 0 Å². The molecule has 1 amide bonds. The Bertz CT molecular complexity index is 317. The van der Waals surface area contributed by atoms with E-state index in [1.807, 2.05) is 6.92 Å². The van der Waals surface area contributed by atoms with Gasteiger partial charge >= 0.3 is 5.97 Å². The van der Waals surface area contributed by atoms with E-state index in [1.54, 1.807) is 0 Å². The van der Waals surface area contributed by atoms with E-state index in [0.29, 0.717) is 12.8 Å². The molecular formula is C16H29NO3. The van der Waals surface area contributed by atoms with Gasteiger partial charge in [-0.1, -0.05) is 45.4 Å². The van der Waals surface area contributed by atoms with Crippen LogP contribution in [-0.2, 0) is 9.59 Å². The van der Waals surface area contributed by atoms with Crippen LogP contribution in [0.3, 0.4) is 0 Å². The van der Waals surface area contributed by atoms with Crippen LogP contribution in [0.15, 0.2) is 0 Å². The molecule has 2 N–H and O–H groups in total. The quantitative estimate of drug-likeness (QED) is 0.671. The fourth-order valence-corrected chi connectivity index (χ4v) is 3.04. The molecule has 3 atom stereocenters. The molecule has 0 aromatic carbocycles. The van der Waals surface area contributed by atoms with Crippen molar-refractivity contribution in [3.63, 3.8) is 0 Å². The minimum absolute atomic E-state index is 0.0555. The molecule has 1 aliphatic carbocycles. The molecule has 0 aromatic heterocycles. The first kappa shape index (κ1) is 17.0. The maximum atomic E-state index is 12.2. The molecule has 0 spiro atoms. The number of carbonyl (C=O) groups is 2. The number of hydrogen-bond acceptors (Lipinski definition) is 2. The highest BCUT2D eigenvalue weighted by molar-refractivity contribution is 5.85. The molecule has 4 nitrogen and oxygen atoms in total. The highest BCUT2D eigenvalue weighted by Gasteiger charge is 2.35. The zero-order valence-corrected chi connectivity index (χ0v) is 12.9. The molecule has 0 aliphatic heterocycles. The van der Waals surface area contributed by atoms with Gasteiger partial charge in [0.2, 0.25) is 5.91 Å². The SMILES string of the molecule is CCCCCCC(C)NC(=O)[C@@H]1CCCC[C@@H]1C(=O)O. The summed E-state index contributed by atoms with van der Waals surface area (Å²) in [5.41, 5.74) is 0. The lowest BCUT2D eigenvalue weighted by Crippen LogP contribution is -2.43. The molecule has 0 aromatic rings. The number of hydrogen-bond donors (Lipinski definition) is 2. The Labute approximate surface area is 122 Å². The van der Waals surface area contributed by atoms with Crippen molar-refractivity contribution in [1.82, 2.24) is 5.32 Å². The summed E-state index contributed by atoms with van der Waals surface area (Å²) < 4.78 is 0. The summed E-state index contributed by atoms with van der Waals surface area (Å²) in [5.74, 6) is -1.70. The number of carboxylic acid groups (broad SMARTS) is 1. The van der Waals surface area contributed by atoms with Crippen LogP contribution in [0.25, 0.3) is 0 Å². The van der Waals surface area contributed by atoms with E-state index in [9.17, 15) is 14.7 Å². The Morgan fingerprint density at radius 1 is 1.15 bits per heavy atom. The van der Waals surface area contributed by atoms with Gasteiger partial charge in [-0.05, 0) is 26.2 Å². The summed E-state index contributed by atoms with van der Waals surface area (Å²) in [6.45, 7) is 4.20. The third kappa shape index (κ3) is 5.51. The summed E-state index contributed by atoms with van der Waals surface area (Å²) in [6, 6.07) is 0.149. The van der Waals surface area contributed by atoms with E-state index < -0.39 is 11.9 Å². The van der Waals surface area contributed by atoms with Gasteiger partial charge in [0.1, 0.15) is 0 Å². The van der Waals surface area contributed by atoms with Crippen molar-refractivity contribution in [2.45, 2.75) is 77.7 Å². The van der Waals surface area contributed by atoms with Crippen molar-refractivity contribution in [2.24, 2.45) is 11.8 Å². The van der Waals surface area contributed by atoms with Crippen LogP contribution in [0.5, 0.6) is 0 Å². The molecule has 4 heteroatoms. The third-order valence-corrected chi connectivity index (χ3v) is 4.30. The fourth-order valence-electron chi connectivity index (χ4n) is 3.04. The largest absolute Gasteiger partial charge is 0.481 e. The van der Waals surface area contributed by atoms with Crippen molar-refractivity contribution < 1.29 is 14.7 Å². The van der Waals surface area contributed by atoms with Gasteiger partial charge in [0, 0.05) is 6.04 Å². The van der Waals surface area contributed by atoms with Gasteiger partial charge in [-0.15, -0.1) is 0 Å². The minimum atomic E-state index is -0.819. The topological polar surface area (TPSA) is 66.4 Å². The van der Waals surface area contributed by atoms with Crippen LogP contribution in [0.4, 0.5) is 0 Å². The molecule has 0 radical (unpaired) electrons. The first-order chi connectivity index (χ1) is 9.56. The Hall–Kier alpha value is -1.06. The predicted molar refractivity (Wildman–Crippen MR) is 79.4 cm³/mol. The monoisotopic (exact) mass is 283 g/mol. The van der Waals surface area contributed by atoms with E-state index in [0.717, 1.165) is 25.7 Å². The third-order valence-electron chi connectivity index (χ3n) is 4.30. The summed E-state index contributed by atoms with van der Waals surface area (Å²) in [7, 11) is 0. The number of rotatable bonds is 8. The van der Waals surface area contributed by atoms with Gasteiger partial charge in [0.05, 0.1) is 11.8 Å². The Kier molecular flexibility index (Phi) is 7.63. The van der Waals surface area contributed by atoms with E-state index in [4.69, 9.17) is 0 Å². The first-order valence-corrected chi connectivity index (χ1v) is 8.09. The summed E-state index contributed by atoms with van der Waals surface area (Å²) in [6.07, 6.45) is 9.01. The maximum Gasteiger partial charge on any atom is 0.307 e. The first-order valence-electron chi connectivity index (χ1n) is 8.09. The van der Waals surface area contributed by atoms with Gasteiger partial charge in [-0.3, -0.25) is 9.59 Å². The Balaban J connectivity index is 2.37. The Morgan fingerprint density at radius 3 is 2.40 bits per heavy atom. The van der Waals surface area contributed by atoms with Crippen LogP contribution in [0.2, 0.25) is 0 Å². The molecule has 20 heavy (non-hydrogen) atoms. The fraction of sp³-hybridized carbons (Fsp3) is 0.875. The van der Waals surface area contributed by atoms with Crippen LogP contribution in [-0.4, -0.2) is 23.0 Å². The molecule has 1 rings (SSSR count). The smallest absolute Gasteiger partial charge is 0.307 e. The lowest BCUT2D eigenvalue weighted by molar-refractivity contribution is -0.149. The molecule has 116 valence electrons. The maximum absolute atomic E-state index is 12.2. The second kappa shape index (κ2) is 8.98. The Morgan fingerprint density at radius 2 is 1.80 bits per heavy atom. The van der Waals surface area contributed by atoms with E-state index >= 15 is 0 Å². The molecule has 1 saturated carbocycles. The minimum Gasteiger partial charge on any atom is -0.481 e. The second-order valence-electron chi connectivity index (χ2n) is 6.09. The number of carbonyl (C=O) groups excluding carboxylic acids is 1. The zero-order valence-electron chi connectivity index (χ0n) is 12.9. The number of nitrogens with one attached hydrogen (secondary N) is 1. The number of carboxylic acids is 1. The average molecular weight is 283 g/mol. The van der Waals surface area contributed by atoms with Gasteiger partial charge in [-0.2, -0.15) is 0 Å². The van der Waals surface area contributed by atoms with Crippen molar-refractivity contribution in [1.29, 1.82) is 0 Å². The normalized spacial score (nSPS) is 24.1. The highest BCUT2D eigenvalue weighted by atomic mass is 16.4. The summed E-state index contributed by atoms with van der Waals surface area (Å²) >= 11 is 0. The molecule has 1 aliphatic rings. The van der Waals surface area contributed by atoms with Gasteiger partial charge in [0.25, 0.3) is 0 Å². The molecule has 0 heterocycles. The lowest BCUT2D eigenvalue weighted by atomic mass is 9.78. The number of amides is 1. The highest BCUT2D eigenvalue weighted by Crippen LogP contribution is 2.30. The molecule has 1 unspecified atom stereocenters. The van der Waals surface area contributed by atoms with Crippen LogP contribution < -0.4 is 5.32 Å². The molecule has 1 fully saturated rings. The average Bonchev–Trinajstić information content (AvgIpc) is 2.43. The number of unbranched alkanes of at least 4 members (excludes halogenated alkanes) is 3. The summed E-state index contributed by atoms with van der Waals surface area (Å²) in [4.78, 5) is 23.5. The van der Waals surface area contributed by atoms with Gasteiger partial charge < -0.3 is 10.4 Å². The van der Waals surface area contributed by atoms with Crippen LogP contribution in [0, 0.1) is 11.8 Å². The van der Waals surface area contributed by atoms with Crippen molar-refractivity contribution >= 4 is 11.9 Å². The molecule has 0 saturated heterocycles. The standard InChI is InChI=1S/C16H29NO3/c1-3-4-5-6-9-12(2)17-15(18)13-10-7-8-11-14(13)16(19)20/h12-14H,3-11H2,1-2H3,(H,17,18)(H,19,20)/t12?,13-,14+/m1/s1. The number of aliphatic carboxylic acids is 1. The van der Waals surface area contributed by atoms with E-state index in [2.05, 4.69) is 12.2 Å². The molecular weight excluding hydrogens is 254 g/mol. The zero-order chi connectivity index (χ0) is 15.0. The lowest BCUT2D eigenvalue weighted by Gasteiger charge is -2.28. The summed E-state index contributed by atoms with van der Waals surface area (Å²) in [5, 5.41) is 12.2. The van der Waals surface area contributed by atoms with Crippen LogP contribution in [0.1, 0.15) is 71.6 Å². The van der Waals surface area contributed by atoms with Crippen molar-refractivity contribution in [2.75, 3.05) is 0 Å².